The van der Waals surface area contributed by atoms with Gasteiger partial charge in [0.1, 0.15) is 10.7 Å². The molecule has 1 aromatic rings. The average molecular weight is 415 g/mol. The van der Waals surface area contributed by atoms with Crippen LogP contribution >= 0.6 is 11.3 Å². The van der Waals surface area contributed by atoms with Crippen LogP contribution < -0.4 is 4.48 Å². The zero-order valence-electron chi connectivity index (χ0n) is 18.8. The van der Waals surface area contributed by atoms with E-state index in [2.05, 4.69) is 44.9 Å². The van der Waals surface area contributed by atoms with Crippen LogP contribution in [0.5, 0.6) is 0 Å². The van der Waals surface area contributed by atoms with Crippen LogP contribution in [-0.4, -0.2) is 23.2 Å². The Labute approximate surface area is 179 Å². The summed E-state index contributed by atoms with van der Waals surface area (Å²) >= 11 is 1.64. The van der Waals surface area contributed by atoms with E-state index in [0.29, 0.717) is 23.7 Å². The Balaban J connectivity index is 1.64. The highest BCUT2D eigenvalue weighted by atomic mass is 32.1. The number of rotatable bonds is 2. The second kappa shape index (κ2) is 6.46. The third-order valence-electron chi connectivity index (χ3n) is 9.47. The minimum atomic E-state index is 0.109. The molecule has 2 heterocycles. The fraction of sp³-hybridized carbons (Fsp3) is 0.792. The maximum Gasteiger partial charge on any atom is 0.325 e. The van der Waals surface area contributed by atoms with Gasteiger partial charge in [-0.05, 0) is 91.9 Å². The number of amides is 1. The molecular formula is C24H36N3OS+. The summed E-state index contributed by atoms with van der Waals surface area (Å²) in [5, 5.41) is 10.8. The van der Waals surface area contributed by atoms with Crippen molar-refractivity contribution in [1.82, 2.24) is 14.7 Å². The normalized spacial score (nSPS) is 44.4. The number of nitrogens with zero attached hydrogens (tertiary/aromatic N) is 3. The van der Waals surface area contributed by atoms with Crippen molar-refractivity contribution in [2.45, 2.75) is 85.5 Å². The van der Waals surface area contributed by atoms with Gasteiger partial charge in [0.05, 0.1) is 13.5 Å². The number of hydrogen-bond donors (Lipinski definition) is 0. The predicted molar refractivity (Wildman–Crippen MR) is 118 cm³/mol. The van der Waals surface area contributed by atoms with E-state index in [-0.39, 0.29) is 9.90 Å². The molecule has 1 amide bonds. The van der Waals surface area contributed by atoms with Gasteiger partial charge in [0.15, 0.2) is 0 Å². The Morgan fingerprint density at radius 3 is 2.66 bits per heavy atom. The first-order valence-corrected chi connectivity index (χ1v) is 12.5. The summed E-state index contributed by atoms with van der Waals surface area (Å²) in [5.74, 6) is 2.68. The number of carbonyl (C=O) groups is 1. The van der Waals surface area contributed by atoms with Crippen LogP contribution in [0.15, 0.2) is 11.3 Å². The number of fused-ring (bicyclic) bond motifs is 5. The van der Waals surface area contributed by atoms with Gasteiger partial charge < -0.3 is 0 Å². The van der Waals surface area contributed by atoms with Crippen molar-refractivity contribution in [2.24, 2.45) is 28.6 Å². The van der Waals surface area contributed by atoms with Crippen LogP contribution in [0.4, 0.5) is 5.13 Å². The van der Waals surface area contributed by atoms with E-state index in [9.17, 15) is 4.79 Å². The van der Waals surface area contributed by atoms with Gasteiger partial charge in [0.25, 0.3) is 0 Å². The standard InChI is InChI=1S/C24H36N3OS/c1-6-19-25-26-22(29-19)27(5)20(28)10-13-24(4)18-9-12-23(3)11-7-8-17(23)16(18)14-15(2)21(24)27/h16-18H,6-14H2,1-5H3/q+1/t16-,17-,18-,23-,24+,27?/m0/s1. The van der Waals surface area contributed by atoms with Crippen molar-refractivity contribution in [1.29, 1.82) is 0 Å². The molecule has 2 saturated carbocycles. The third kappa shape index (κ3) is 2.56. The monoisotopic (exact) mass is 414 g/mol. The summed E-state index contributed by atoms with van der Waals surface area (Å²) in [6.07, 6.45) is 10.7. The van der Waals surface area contributed by atoms with Crippen molar-refractivity contribution < 1.29 is 4.79 Å². The molecule has 0 bridgehead atoms. The van der Waals surface area contributed by atoms with Crippen molar-refractivity contribution in [3.8, 4) is 0 Å². The minimum Gasteiger partial charge on any atom is -0.230 e. The topological polar surface area (TPSA) is 42.9 Å². The predicted octanol–water partition coefficient (Wildman–Crippen LogP) is 5.87. The molecule has 158 valence electrons. The zero-order chi connectivity index (χ0) is 20.6. The van der Waals surface area contributed by atoms with Crippen molar-refractivity contribution in [3.63, 3.8) is 0 Å². The Morgan fingerprint density at radius 2 is 1.93 bits per heavy atom. The molecule has 5 heteroatoms. The molecule has 3 fully saturated rings. The highest BCUT2D eigenvalue weighted by Crippen LogP contribution is 2.66. The number of hydrogen-bond acceptors (Lipinski definition) is 4. The van der Waals surface area contributed by atoms with E-state index in [1.807, 2.05) is 0 Å². The van der Waals surface area contributed by atoms with E-state index in [0.717, 1.165) is 34.8 Å². The van der Waals surface area contributed by atoms with Crippen LogP contribution in [0.3, 0.4) is 0 Å². The molecule has 0 radical (unpaired) electrons. The lowest BCUT2D eigenvalue weighted by Gasteiger charge is -2.58. The van der Waals surface area contributed by atoms with E-state index < -0.39 is 0 Å². The maximum atomic E-state index is 13.4. The lowest BCUT2D eigenvalue weighted by Crippen LogP contribution is -2.62. The van der Waals surface area contributed by atoms with Crippen LogP contribution in [0.2, 0.25) is 0 Å². The van der Waals surface area contributed by atoms with Crippen LogP contribution in [-0.2, 0) is 11.2 Å². The Morgan fingerprint density at radius 1 is 1.14 bits per heavy atom. The molecule has 29 heavy (non-hydrogen) atoms. The lowest BCUT2D eigenvalue weighted by atomic mass is 9.48. The second-order valence-electron chi connectivity index (χ2n) is 10.9. The van der Waals surface area contributed by atoms with E-state index >= 15 is 0 Å². The van der Waals surface area contributed by atoms with E-state index in [4.69, 9.17) is 0 Å². The highest BCUT2D eigenvalue weighted by Gasteiger charge is 2.63. The molecule has 0 spiro atoms. The largest absolute Gasteiger partial charge is 0.325 e. The summed E-state index contributed by atoms with van der Waals surface area (Å²) in [6, 6.07) is 0. The molecule has 1 saturated heterocycles. The summed E-state index contributed by atoms with van der Waals surface area (Å²) in [5.41, 5.74) is 3.51. The lowest BCUT2D eigenvalue weighted by molar-refractivity contribution is -0.135. The fourth-order valence-corrected chi connectivity index (χ4v) is 9.05. The second-order valence-corrected chi connectivity index (χ2v) is 12.0. The molecule has 6 atom stereocenters. The number of quaternary nitrogens is 1. The van der Waals surface area contributed by atoms with Gasteiger partial charge in [-0.15, -0.1) is 5.10 Å². The number of aromatic nitrogens is 2. The van der Waals surface area contributed by atoms with Gasteiger partial charge in [0.2, 0.25) is 0 Å². The Bertz CT molecular complexity index is 890. The average Bonchev–Trinajstić information content (AvgIpc) is 3.31. The summed E-state index contributed by atoms with van der Waals surface area (Å²) < 4.78 is 0.283. The first-order chi connectivity index (χ1) is 13.7. The van der Waals surface area contributed by atoms with Crippen molar-refractivity contribution >= 4 is 22.4 Å². The fourth-order valence-electron chi connectivity index (χ4n) is 8.15. The first kappa shape index (κ1) is 19.9. The molecule has 1 aliphatic heterocycles. The minimum absolute atomic E-state index is 0.109. The first-order valence-electron chi connectivity index (χ1n) is 11.7. The summed E-state index contributed by atoms with van der Waals surface area (Å²) in [4.78, 5) is 13.4. The van der Waals surface area contributed by atoms with Crippen LogP contribution in [0.25, 0.3) is 0 Å². The quantitative estimate of drug-likeness (QED) is 0.568. The van der Waals surface area contributed by atoms with E-state index in [1.54, 1.807) is 11.3 Å². The van der Waals surface area contributed by atoms with Gasteiger partial charge in [-0.3, -0.25) is 0 Å². The number of allylic oxidation sites excluding steroid dienone is 2. The third-order valence-corrected chi connectivity index (χ3v) is 10.7. The number of aryl methyl sites for hydroxylation is 1. The molecule has 5 rings (SSSR count). The smallest absolute Gasteiger partial charge is 0.230 e. The molecule has 4 aliphatic rings. The SMILES string of the molecule is CCc1nnc([N+]2(C)C(=O)CC[C@@]3(C)C2=C(C)C[C@H]2[C@@H]4CCC[C@@]4(C)CC[C@@H]23)s1. The molecule has 1 aromatic heterocycles. The van der Waals surface area contributed by atoms with Crippen molar-refractivity contribution in [3.05, 3.63) is 16.3 Å². The molecular weight excluding hydrogens is 378 g/mol. The summed E-state index contributed by atoms with van der Waals surface area (Å²) in [6.45, 7) is 9.49. The van der Waals surface area contributed by atoms with Gasteiger partial charge in [0, 0.05) is 5.41 Å². The van der Waals surface area contributed by atoms with Gasteiger partial charge in [-0.25, -0.2) is 4.79 Å². The molecule has 3 aliphatic carbocycles. The molecule has 1 unspecified atom stereocenters. The van der Waals surface area contributed by atoms with Crippen molar-refractivity contribution in [2.75, 3.05) is 7.05 Å². The van der Waals surface area contributed by atoms with Gasteiger partial charge in [-0.2, -0.15) is 4.48 Å². The Hall–Kier alpha value is -1.07. The number of carbonyl (C=O) groups excluding carboxylic acids is 1. The van der Waals surface area contributed by atoms with E-state index in [1.165, 1.54) is 49.8 Å². The number of piperidine rings is 1. The summed E-state index contributed by atoms with van der Waals surface area (Å²) in [7, 11) is 2.11. The maximum absolute atomic E-state index is 13.4. The molecule has 0 N–H and O–H groups in total. The molecule has 4 nitrogen and oxygen atoms in total. The van der Waals surface area contributed by atoms with Crippen LogP contribution in [0.1, 0.15) is 84.1 Å². The van der Waals surface area contributed by atoms with Gasteiger partial charge in [-0.1, -0.05) is 32.3 Å². The van der Waals surface area contributed by atoms with Crippen LogP contribution in [0, 0.1) is 28.6 Å². The Kier molecular flexibility index (Phi) is 4.43. The molecule has 0 aromatic carbocycles. The number of likely N-dealkylation sites (tertiary alicyclic amines) is 1. The van der Waals surface area contributed by atoms with Gasteiger partial charge >= 0.3 is 11.0 Å². The highest BCUT2D eigenvalue weighted by molar-refractivity contribution is 7.15. The zero-order valence-corrected chi connectivity index (χ0v) is 19.6.